The minimum Gasteiger partial charge on any atom is -0.378 e. The SMILES string of the molecule is CC(C)OC[C@H]1CCCC[C@H]1COC(C)C. The lowest BCUT2D eigenvalue weighted by atomic mass is 9.80. The molecule has 2 heteroatoms. The van der Waals surface area contributed by atoms with E-state index in [2.05, 4.69) is 27.7 Å². The van der Waals surface area contributed by atoms with Gasteiger partial charge in [0.2, 0.25) is 0 Å². The van der Waals surface area contributed by atoms with Gasteiger partial charge in [0.15, 0.2) is 0 Å². The molecule has 2 atom stereocenters. The predicted octanol–water partition coefficient (Wildman–Crippen LogP) is 3.64. The van der Waals surface area contributed by atoms with Gasteiger partial charge in [0.05, 0.1) is 25.4 Å². The van der Waals surface area contributed by atoms with Gasteiger partial charge in [0.1, 0.15) is 0 Å². The Labute approximate surface area is 101 Å². The van der Waals surface area contributed by atoms with Crippen molar-refractivity contribution in [3.63, 3.8) is 0 Å². The fourth-order valence-electron chi connectivity index (χ4n) is 2.36. The second kappa shape index (κ2) is 7.29. The normalized spacial score (nSPS) is 26.6. The van der Waals surface area contributed by atoms with Crippen LogP contribution in [0.3, 0.4) is 0 Å². The minimum atomic E-state index is 0.355. The van der Waals surface area contributed by atoms with Crippen molar-refractivity contribution >= 4 is 0 Å². The molecule has 0 saturated heterocycles. The van der Waals surface area contributed by atoms with Gasteiger partial charge in [-0.1, -0.05) is 12.8 Å². The van der Waals surface area contributed by atoms with Crippen molar-refractivity contribution in [2.45, 2.75) is 65.6 Å². The second-order valence-corrected chi connectivity index (χ2v) is 5.57. The van der Waals surface area contributed by atoms with E-state index in [0.717, 1.165) is 25.0 Å². The Morgan fingerprint density at radius 2 is 1.19 bits per heavy atom. The highest BCUT2D eigenvalue weighted by molar-refractivity contribution is 4.75. The molecule has 1 aliphatic carbocycles. The van der Waals surface area contributed by atoms with Gasteiger partial charge in [-0.2, -0.15) is 0 Å². The van der Waals surface area contributed by atoms with E-state index in [0.29, 0.717) is 12.2 Å². The number of ether oxygens (including phenoxy) is 2. The molecule has 1 aliphatic rings. The lowest BCUT2D eigenvalue weighted by Gasteiger charge is -2.32. The van der Waals surface area contributed by atoms with Crippen LogP contribution in [0.5, 0.6) is 0 Å². The first kappa shape index (κ1) is 14.0. The molecule has 0 N–H and O–H groups in total. The molecule has 96 valence electrons. The van der Waals surface area contributed by atoms with Crippen LogP contribution in [0.25, 0.3) is 0 Å². The molecule has 0 unspecified atom stereocenters. The fourth-order valence-corrected chi connectivity index (χ4v) is 2.36. The van der Waals surface area contributed by atoms with Crippen molar-refractivity contribution in [2.24, 2.45) is 11.8 Å². The lowest BCUT2D eigenvalue weighted by molar-refractivity contribution is -0.0190. The molecular weight excluding hydrogens is 200 g/mol. The summed E-state index contributed by atoms with van der Waals surface area (Å²) in [6.07, 6.45) is 6.08. The summed E-state index contributed by atoms with van der Waals surface area (Å²) < 4.78 is 11.5. The van der Waals surface area contributed by atoms with Crippen LogP contribution in [0.2, 0.25) is 0 Å². The average molecular weight is 228 g/mol. The van der Waals surface area contributed by atoms with Crippen LogP contribution >= 0.6 is 0 Å². The Bertz CT molecular complexity index is 158. The van der Waals surface area contributed by atoms with Gasteiger partial charge >= 0.3 is 0 Å². The maximum atomic E-state index is 5.76. The smallest absolute Gasteiger partial charge is 0.0519 e. The van der Waals surface area contributed by atoms with Gasteiger partial charge in [-0.3, -0.25) is 0 Å². The Hall–Kier alpha value is -0.0800. The van der Waals surface area contributed by atoms with E-state index in [4.69, 9.17) is 9.47 Å². The molecule has 0 bridgehead atoms. The van der Waals surface area contributed by atoms with Crippen LogP contribution in [-0.4, -0.2) is 25.4 Å². The average Bonchev–Trinajstić information content (AvgIpc) is 2.24. The van der Waals surface area contributed by atoms with Gasteiger partial charge in [-0.05, 0) is 52.4 Å². The Morgan fingerprint density at radius 1 is 0.812 bits per heavy atom. The monoisotopic (exact) mass is 228 g/mol. The Kier molecular flexibility index (Phi) is 6.37. The highest BCUT2D eigenvalue weighted by atomic mass is 16.5. The van der Waals surface area contributed by atoms with E-state index in [1.807, 2.05) is 0 Å². The summed E-state index contributed by atoms with van der Waals surface area (Å²) in [5, 5.41) is 0. The summed E-state index contributed by atoms with van der Waals surface area (Å²) in [6, 6.07) is 0. The first-order valence-electron chi connectivity index (χ1n) is 6.82. The molecule has 1 saturated carbocycles. The lowest BCUT2D eigenvalue weighted by Crippen LogP contribution is -2.29. The zero-order valence-corrected chi connectivity index (χ0v) is 11.4. The predicted molar refractivity (Wildman–Crippen MR) is 67.6 cm³/mol. The number of hydrogen-bond acceptors (Lipinski definition) is 2. The molecule has 1 rings (SSSR count). The summed E-state index contributed by atoms with van der Waals surface area (Å²) >= 11 is 0. The number of rotatable bonds is 6. The fraction of sp³-hybridized carbons (Fsp3) is 1.00. The van der Waals surface area contributed by atoms with E-state index in [1.54, 1.807) is 0 Å². The Balaban J connectivity index is 2.31. The molecule has 16 heavy (non-hydrogen) atoms. The minimum absolute atomic E-state index is 0.355. The highest BCUT2D eigenvalue weighted by Gasteiger charge is 2.25. The zero-order chi connectivity index (χ0) is 12.0. The van der Waals surface area contributed by atoms with E-state index in [-0.39, 0.29) is 0 Å². The van der Waals surface area contributed by atoms with Crippen molar-refractivity contribution in [3.05, 3.63) is 0 Å². The summed E-state index contributed by atoms with van der Waals surface area (Å²) in [5.41, 5.74) is 0. The van der Waals surface area contributed by atoms with E-state index >= 15 is 0 Å². The molecule has 0 spiro atoms. The molecular formula is C14H28O2. The van der Waals surface area contributed by atoms with Crippen LogP contribution in [0.4, 0.5) is 0 Å². The summed E-state index contributed by atoms with van der Waals surface area (Å²) in [6.45, 7) is 10.3. The summed E-state index contributed by atoms with van der Waals surface area (Å²) in [7, 11) is 0. The molecule has 0 aromatic heterocycles. The van der Waals surface area contributed by atoms with Crippen LogP contribution < -0.4 is 0 Å². The first-order chi connectivity index (χ1) is 7.59. The molecule has 0 radical (unpaired) electrons. The Morgan fingerprint density at radius 3 is 1.50 bits per heavy atom. The van der Waals surface area contributed by atoms with E-state index < -0.39 is 0 Å². The second-order valence-electron chi connectivity index (χ2n) is 5.57. The third-order valence-electron chi connectivity index (χ3n) is 3.35. The van der Waals surface area contributed by atoms with Gasteiger partial charge in [0, 0.05) is 0 Å². The zero-order valence-electron chi connectivity index (χ0n) is 11.4. The molecule has 1 fully saturated rings. The molecule has 0 aromatic carbocycles. The molecule has 0 amide bonds. The maximum Gasteiger partial charge on any atom is 0.0519 e. The topological polar surface area (TPSA) is 18.5 Å². The van der Waals surface area contributed by atoms with Crippen molar-refractivity contribution in [1.29, 1.82) is 0 Å². The van der Waals surface area contributed by atoms with E-state index in [1.165, 1.54) is 25.7 Å². The largest absolute Gasteiger partial charge is 0.378 e. The molecule has 0 heterocycles. The third kappa shape index (κ3) is 5.31. The number of hydrogen-bond donors (Lipinski definition) is 0. The first-order valence-corrected chi connectivity index (χ1v) is 6.82. The van der Waals surface area contributed by atoms with Crippen molar-refractivity contribution in [3.8, 4) is 0 Å². The van der Waals surface area contributed by atoms with E-state index in [9.17, 15) is 0 Å². The highest BCUT2D eigenvalue weighted by Crippen LogP contribution is 2.30. The standard InChI is InChI=1S/C14H28O2/c1-11(2)15-9-13-7-5-6-8-14(13)10-16-12(3)4/h11-14H,5-10H2,1-4H3/t13-,14+. The van der Waals surface area contributed by atoms with Crippen LogP contribution in [0.15, 0.2) is 0 Å². The molecule has 0 aromatic rings. The van der Waals surface area contributed by atoms with Crippen LogP contribution in [-0.2, 0) is 9.47 Å². The van der Waals surface area contributed by atoms with Gasteiger partial charge in [-0.15, -0.1) is 0 Å². The molecule has 2 nitrogen and oxygen atoms in total. The van der Waals surface area contributed by atoms with Crippen molar-refractivity contribution in [2.75, 3.05) is 13.2 Å². The van der Waals surface area contributed by atoms with Gasteiger partial charge in [0.25, 0.3) is 0 Å². The van der Waals surface area contributed by atoms with Gasteiger partial charge < -0.3 is 9.47 Å². The van der Waals surface area contributed by atoms with Crippen molar-refractivity contribution in [1.82, 2.24) is 0 Å². The third-order valence-corrected chi connectivity index (χ3v) is 3.35. The maximum absolute atomic E-state index is 5.76. The summed E-state index contributed by atoms with van der Waals surface area (Å²) in [4.78, 5) is 0. The molecule has 0 aliphatic heterocycles. The van der Waals surface area contributed by atoms with Gasteiger partial charge in [-0.25, -0.2) is 0 Å². The quantitative estimate of drug-likeness (QED) is 0.691. The summed E-state index contributed by atoms with van der Waals surface area (Å²) in [5.74, 6) is 1.43. The van der Waals surface area contributed by atoms with Crippen molar-refractivity contribution < 1.29 is 9.47 Å². The van der Waals surface area contributed by atoms with Crippen LogP contribution in [0.1, 0.15) is 53.4 Å². The van der Waals surface area contributed by atoms with Crippen LogP contribution in [0, 0.1) is 11.8 Å².